The molecule has 0 saturated heterocycles. The van der Waals surface area contributed by atoms with Gasteiger partial charge >= 0.3 is 0 Å². The first-order valence-electron chi connectivity index (χ1n) is 5.58. The molecule has 12 heavy (non-hydrogen) atoms. The maximum Gasteiger partial charge on any atom is -0.0249 e. The molecule has 0 heterocycles. The Balaban J connectivity index is 2.76. The lowest BCUT2D eigenvalue weighted by Gasteiger charge is -2.41. The molecule has 1 aliphatic rings. The Kier molecular flexibility index (Phi) is 2.85. The molecule has 1 fully saturated rings. The van der Waals surface area contributed by atoms with Gasteiger partial charge in [0.15, 0.2) is 0 Å². The molecule has 0 bridgehead atoms. The molecule has 0 nitrogen and oxygen atoms in total. The van der Waals surface area contributed by atoms with Crippen molar-refractivity contribution in [2.45, 2.75) is 66.2 Å². The van der Waals surface area contributed by atoms with Crippen LogP contribution in [0.5, 0.6) is 0 Å². The SMILES string of the molecule is CCCC1(CC)CCCC1(C)C. The molecule has 0 amide bonds. The highest BCUT2D eigenvalue weighted by Crippen LogP contribution is 2.57. The van der Waals surface area contributed by atoms with E-state index in [4.69, 9.17) is 0 Å². The van der Waals surface area contributed by atoms with E-state index in [1.165, 1.54) is 38.5 Å². The summed E-state index contributed by atoms with van der Waals surface area (Å²) in [5, 5.41) is 0. The second-order valence-corrected chi connectivity index (χ2v) is 5.12. The Morgan fingerprint density at radius 1 is 1.08 bits per heavy atom. The zero-order valence-electron chi connectivity index (χ0n) is 9.24. The Bertz CT molecular complexity index is 146. The van der Waals surface area contributed by atoms with E-state index in [-0.39, 0.29) is 0 Å². The monoisotopic (exact) mass is 168 g/mol. The third-order valence-corrected chi connectivity index (χ3v) is 4.30. The minimum Gasteiger partial charge on any atom is -0.0654 e. The molecule has 0 spiro atoms. The highest BCUT2D eigenvalue weighted by molar-refractivity contribution is 4.96. The molecular formula is C12H24. The molecule has 0 aliphatic heterocycles. The molecule has 0 aromatic heterocycles. The van der Waals surface area contributed by atoms with Crippen molar-refractivity contribution < 1.29 is 0 Å². The topological polar surface area (TPSA) is 0 Å². The van der Waals surface area contributed by atoms with Gasteiger partial charge in [0.1, 0.15) is 0 Å². The van der Waals surface area contributed by atoms with Crippen molar-refractivity contribution in [1.82, 2.24) is 0 Å². The van der Waals surface area contributed by atoms with E-state index in [0.717, 1.165) is 0 Å². The first-order valence-corrected chi connectivity index (χ1v) is 5.58. The molecule has 0 aromatic rings. The summed E-state index contributed by atoms with van der Waals surface area (Å²) in [5.41, 5.74) is 1.29. The molecule has 0 heteroatoms. The van der Waals surface area contributed by atoms with Crippen LogP contribution in [0.2, 0.25) is 0 Å². The predicted octanol–water partition coefficient (Wildman–Crippen LogP) is 4.39. The fourth-order valence-electron chi connectivity index (χ4n) is 3.25. The van der Waals surface area contributed by atoms with E-state index >= 15 is 0 Å². The standard InChI is InChI=1S/C12H24/c1-5-8-12(6-2)10-7-9-11(12,3)4/h5-10H2,1-4H3. The van der Waals surface area contributed by atoms with E-state index < -0.39 is 0 Å². The predicted molar refractivity (Wildman–Crippen MR) is 55.3 cm³/mol. The maximum atomic E-state index is 2.47. The first kappa shape index (κ1) is 10.1. The molecule has 1 rings (SSSR count). The van der Waals surface area contributed by atoms with Gasteiger partial charge in [0.05, 0.1) is 0 Å². The summed E-state index contributed by atoms with van der Waals surface area (Å²) in [6.45, 7) is 9.65. The summed E-state index contributed by atoms with van der Waals surface area (Å²) in [6, 6.07) is 0. The molecule has 1 atom stereocenters. The summed E-state index contributed by atoms with van der Waals surface area (Å²) < 4.78 is 0. The lowest BCUT2D eigenvalue weighted by Crippen LogP contribution is -2.31. The Morgan fingerprint density at radius 3 is 2.08 bits per heavy atom. The average Bonchev–Trinajstić information content (AvgIpc) is 2.29. The van der Waals surface area contributed by atoms with Gasteiger partial charge in [-0.2, -0.15) is 0 Å². The summed E-state index contributed by atoms with van der Waals surface area (Å²) in [7, 11) is 0. The van der Waals surface area contributed by atoms with Crippen molar-refractivity contribution in [3.8, 4) is 0 Å². The number of hydrogen-bond acceptors (Lipinski definition) is 0. The van der Waals surface area contributed by atoms with E-state index in [9.17, 15) is 0 Å². The van der Waals surface area contributed by atoms with Gasteiger partial charge in [0.2, 0.25) is 0 Å². The second kappa shape index (κ2) is 3.40. The minimum absolute atomic E-state index is 0.609. The lowest BCUT2D eigenvalue weighted by atomic mass is 9.64. The van der Waals surface area contributed by atoms with Crippen molar-refractivity contribution in [2.75, 3.05) is 0 Å². The summed E-state index contributed by atoms with van der Waals surface area (Å²) in [6.07, 6.45) is 8.56. The zero-order valence-corrected chi connectivity index (χ0v) is 9.24. The molecule has 0 aromatic carbocycles. The molecule has 1 unspecified atom stereocenters. The molecule has 72 valence electrons. The van der Waals surface area contributed by atoms with Crippen molar-refractivity contribution in [3.05, 3.63) is 0 Å². The molecule has 0 N–H and O–H groups in total. The van der Waals surface area contributed by atoms with E-state index in [1.807, 2.05) is 0 Å². The van der Waals surface area contributed by atoms with Crippen LogP contribution in [0.1, 0.15) is 66.2 Å². The molecule has 1 saturated carbocycles. The first-order chi connectivity index (χ1) is 5.58. The van der Waals surface area contributed by atoms with Crippen LogP contribution in [0, 0.1) is 10.8 Å². The van der Waals surface area contributed by atoms with Gasteiger partial charge in [-0.1, -0.05) is 40.5 Å². The number of hydrogen-bond donors (Lipinski definition) is 0. The number of rotatable bonds is 3. The van der Waals surface area contributed by atoms with Gasteiger partial charge in [-0.25, -0.2) is 0 Å². The Labute approximate surface area is 77.7 Å². The largest absolute Gasteiger partial charge is 0.0654 e. The molecule has 0 radical (unpaired) electrons. The minimum atomic E-state index is 0.609. The normalized spacial score (nSPS) is 34.0. The van der Waals surface area contributed by atoms with Crippen LogP contribution in [-0.2, 0) is 0 Å². The van der Waals surface area contributed by atoms with Gasteiger partial charge in [0.25, 0.3) is 0 Å². The maximum absolute atomic E-state index is 2.47. The van der Waals surface area contributed by atoms with E-state index in [1.54, 1.807) is 0 Å². The van der Waals surface area contributed by atoms with Gasteiger partial charge in [-0.05, 0) is 36.5 Å². The van der Waals surface area contributed by atoms with Crippen LogP contribution in [0.4, 0.5) is 0 Å². The van der Waals surface area contributed by atoms with Gasteiger partial charge in [-0.15, -0.1) is 0 Å². The van der Waals surface area contributed by atoms with E-state index in [2.05, 4.69) is 27.7 Å². The molecule has 1 aliphatic carbocycles. The Hall–Kier alpha value is 0. The second-order valence-electron chi connectivity index (χ2n) is 5.12. The van der Waals surface area contributed by atoms with E-state index in [0.29, 0.717) is 10.8 Å². The third kappa shape index (κ3) is 1.41. The quantitative estimate of drug-likeness (QED) is 0.586. The third-order valence-electron chi connectivity index (χ3n) is 4.30. The van der Waals surface area contributed by atoms with Gasteiger partial charge in [-0.3, -0.25) is 0 Å². The fraction of sp³-hybridized carbons (Fsp3) is 1.00. The van der Waals surface area contributed by atoms with Gasteiger partial charge in [0, 0.05) is 0 Å². The van der Waals surface area contributed by atoms with Crippen LogP contribution in [0.3, 0.4) is 0 Å². The van der Waals surface area contributed by atoms with Crippen molar-refractivity contribution >= 4 is 0 Å². The van der Waals surface area contributed by atoms with Crippen LogP contribution >= 0.6 is 0 Å². The highest BCUT2D eigenvalue weighted by Gasteiger charge is 2.46. The zero-order chi connectivity index (χ0) is 9.24. The van der Waals surface area contributed by atoms with Crippen LogP contribution in [0.15, 0.2) is 0 Å². The summed E-state index contributed by atoms with van der Waals surface area (Å²) >= 11 is 0. The summed E-state index contributed by atoms with van der Waals surface area (Å²) in [4.78, 5) is 0. The fourth-order valence-corrected chi connectivity index (χ4v) is 3.25. The average molecular weight is 168 g/mol. The van der Waals surface area contributed by atoms with Crippen LogP contribution in [-0.4, -0.2) is 0 Å². The van der Waals surface area contributed by atoms with Crippen LogP contribution < -0.4 is 0 Å². The van der Waals surface area contributed by atoms with Crippen LogP contribution in [0.25, 0.3) is 0 Å². The Morgan fingerprint density at radius 2 is 1.75 bits per heavy atom. The smallest absolute Gasteiger partial charge is 0.0249 e. The lowest BCUT2D eigenvalue weighted by molar-refractivity contribution is 0.0898. The highest BCUT2D eigenvalue weighted by atomic mass is 14.5. The summed E-state index contributed by atoms with van der Waals surface area (Å²) in [5.74, 6) is 0. The van der Waals surface area contributed by atoms with Gasteiger partial charge < -0.3 is 0 Å². The molecular weight excluding hydrogens is 144 g/mol. The van der Waals surface area contributed by atoms with Crippen molar-refractivity contribution in [3.63, 3.8) is 0 Å². The van der Waals surface area contributed by atoms with Crippen molar-refractivity contribution in [1.29, 1.82) is 0 Å². The van der Waals surface area contributed by atoms with Crippen molar-refractivity contribution in [2.24, 2.45) is 10.8 Å².